The minimum atomic E-state index is -0.0388. The fraction of sp³-hybridized carbons (Fsp3) is 0.364. The third-order valence-corrected chi connectivity index (χ3v) is 4.24. The van der Waals surface area contributed by atoms with Crippen LogP contribution in [0.2, 0.25) is 0 Å². The maximum Gasteiger partial charge on any atom is 0.239 e. The number of halogens is 1. The van der Waals surface area contributed by atoms with Crippen LogP contribution in [0.25, 0.3) is 0 Å². The molecule has 2 aromatic rings. The quantitative estimate of drug-likeness (QED) is 0.300. The molecule has 0 aliphatic carbocycles. The Hall–Kier alpha value is -2.09. The second-order valence-corrected chi connectivity index (χ2v) is 6.56. The van der Waals surface area contributed by atoms with Gasteiger partial charge in [-0.2, -0.15) is 0 Å². The SMILES string of the molecule is CCNC(=NCc1ccc(C)cc1C)NCC(=O)NCCc1ccccc1.I. The van der Waals surface area contributed by atoms with Crippen LogP contribution in [0.4, 0.5) is 0 Å². The number of hydrogen-bond donors (Lipinski definition) is 3. The van der Waals surface area contributed by atoms with Gasteiger partial charge >= 0.3 is 0 Å². The zero-order valence-corrected chi connectivity index (χ0v) is 19.2. The zero-order valence-electron chi connectivity index (χ0n) is 16.9. The van der Waals surface area contributed by atoms with Crippen LogP contribution in [0.3, 0.4) is 0 Å². The van der Waals surface area contributed by atoms with Gasteiger partial charge in [0.15, 0.2) is 5.96 Å². The number of nitrogens with zero attached hydrogens (tertiary/aromatic N) is 1. The molecule has 2 aromatic carbocycles. The Balaban J connectivity index is 0.00000392. The van der Waals surface area contributed by atoms with Crippen molar-refractivity contribution >= 4 is 35.8 Å². The van der Waals surface area contributed by atoms with Crippen molar-refractivity contribution in [1.29, 1.82) is 0 Å². The van der Waals surface area contributed by atoms with Gasteiger partial charge in [-0.3, -0.25) is 4.79 Å². The van der Waals surface area contributed by atoms with Gasteiger partial charge in [-0.05, 0) is 43.9 Å². The molecule has 0 fully saturated rings. The van der Waals surface area contributed by atoms with Crippen LogP contribution in [-0.2, 0) is 17.8 Å². The first-order valence-corrected chi connectivity index (χ1v) is 9.47. The number of hydrogen-bond acceptors (Lipinski definition) is 2. The molecule has 6 heteroatoms. The standard InChI is InChI=1S/C22H30N4O.HI/c1-4-23-22(25-15-20-11-10-17(2)14-18(20)3)26-16-21(27)24-13-12-19-8-6-5-7-9-19;/h5-11,14H,4,12-13,15-16H2,1-3H3,(H,24,27)(H2,23,25,26);1H. The second-order valence-electron chi connectivity index (χ2n) is 6.56. The van der Waals surface area contributed by atoms with Gasteiger partial charge in [-0.15, -0.1) is 24.0 Å². The van der Waals surface area contributed by atoms with Gasteiger partial charge in [0.1, 0.15) is 0 Å². The van der Waals surface area contributed by atoms with E-state index >= 15 is 0 Å². The lowest BCUT2D eigenvalue weighted by atomic mass is 10.1. The average molecular weight is 494 g/mol. The number of guanidine groups is 1. The van der Waals surface area contributed by atoms with E-state index in [1.54, 1.807) is 0 Å². The predicted octanol–water partition coefficient (Wildman–Crippen LogP) is 3.34. The Morgan fingerprint density at radius 3 is 2.43 bits per heavy atom. The Labute approximate surface area is 185 Å². The van der Waals surface area contributed by atoms with E-state index in [1.165, 1.54) is 22.3 Å². The fourth-order valence-electron chi connectivity index (χ4n) is 2.75. The summed E-state index contributed by atoms with van der Waals surface area (Å²) in [6.07, 6.45) is 0.827. The molecule has 0 unspecified atom stereocenters. The number of aryl methyl sites for hydroxylation is 2. The highest BCUT2D eigenvalue weighted by Gasteiger charge is 2.04. The van der Waals surface area contributed by atoms with Crippen molar-refractivity contribution in [2.24, 2.45) is 4.99 Å². The van der Waals surface area contributed by atoms with E-state index < -0.39 is 0 Å². The molecule has 152 valence electrons. The first-order valence-electron chi connectivity index (χ1n) is 9.47. The minimum Gasteiger partial charge on any atom is -0.357 e. The topological polar surface area (TPSA) is 65.5 Å². The molecule has 0 spiro atoms. The van der Waals surface area contributed by atoms with Crippen molar-refractivity contribution in [3.05, 3.63) is 70.8 Å². The van der Waals surface area contributed by atoms with Crippen molar-refractivity contribution in [2.75, 3.05) is 19.6 Å². The van der Waals surface area contributed by atoms with E-state index in [1.807, 2.05) is 25.1 Å². The summed E-state index contributed by atoms with van der Waals surface area (Å²) in [7, 11) is 0. The van der Waals surface area contributed by atoms with Gasteiger partial charge in [0.25, 0.3) is 0 Å². The summed E-state index contributed by atoms with van der Waals surface area (Å²) in [4.78, 5) is 16.6. The van der Waals surface area contributed by atoms with Crippen LogP contribution >= 0.6 is 24.0 Å². The lowest BCUT2D eigenvalue weighted by Gasteiger charge is -2.12. The van der Waals surface area contributed by atoms with Crippen LogP contribution < -0.4 is 16.0 Å². The summed E-state index contributed by atoms with van der Waals surface area (Å²) >= 11 is 0. The van der Waals surface area contributed by atoms with Gasteiger partial charge in [-0.25, -0.2) is 4.99 Å². The molecule has 0 aliphatic rings. The zero-order chi connectivity index (χ0) is 19.5. The third-order valence-electron chi connectivity index (χ3n) is 4.24. The van der Waals surface area contributed by atoms with Crippen molar-refractivity contribution in [2.45, 2.75) is 33.7 Å². The molecule has 0 saturated heterocycles. The highest BCUT2D eigenvalue weighted by molar-refractivity contribution is 14.0. The van der Waals surface area contributed by atoms with Crippen LogP contribution in [0, 0.1) is 13.8 Å². The summed E-state index contributed by atoms with van der Waals surface area (Å²) in [5.41, 5.74) is 4.88. The van der Waals surface area contributed by atoms with Gasteiger partial charge in [-0.1, -0.05) is 54.1 Å². The lowest BCUT2D eigenvalue weighted by molar-refractivity contribution is -0.119. The molecule has 0 radical (unpaired) electrons. The molecular weight excluding hydrogens is 463 g/mol. The predicted molar refractivity (Wildman–Crippen MR) is 127 cm³/mol. The first kappa shape index (κ1) is 23.9. The van der Waals surface area contributed by atoms with E-state index in [9.17, 15) is 4.79 Å². The maximum atomic E-state index is 12.1. The summed E-state index contributed by atoms with van der Waals surface area (Å²) in [5.74, 6) is 0.610. The largest absolute Gasteiger partial charge is 0.357 e. The highest BCUT2D eigenvalue weighted by Crippen LogP contribution is 2.11. The van der Waals surface area contributed by atoms with Crippen LogP contribution in [0.5, 0.6) is 0 Å². The summed E-state index contributed by atoms with van der Waals surface area (Å²) in [5, 5.41) is 9.21. The number of carbonyl (C=O) groups is 1. The van der Waals surface area contributed by atoms with E-state index in [4.69, 9.17) is 0 Å². The Morgan fingerprint density at radius 2 is 1.75 bits per heavy atom. The highest BCUT2D eigenvalue weighted by atomic mass is 127. The van der Waals surface area contributed by atoms with Crippen LogP contribution in [0.15, 0.2) is 53.5 Å². The van der Waals surface area contributed by atoms with Crippen molar-refractivity contribution in [3.8, 4) is 0 Å². The molecule has 0 saturated carbocycles. The van der Waals surface area contributed by atoms with Crippen molar-refractivity contribution < 1.29 is 4.79 Å². The molecule has 1 amide bonds. The van der Waals surface area contributed by atoms with E-state index in [0.717, 1.165) is 13.0 Å². The third kappa shape index (κ3) is 8.73. The normalized spacial score (nSPS) is 10.8. The molecule has 28 heavy (non-hydrogen) atoms. The molecule has 0 bridgehead atoms. The van der Waals surface area contributed by atoms with Gasteiger partial charge < -0.3 is 16.0 Å². The molecular formula is C22H31IN4O. The van der Waals surface area contributed by atoms with Gasteiger partial charge in [0, 0.05) is 13.1 Å². The minimum absolute atomic E-state index is 0. The molecule has 2 rings (SSSR count). The molecule has 0 heterocycles. The van der Waals surface area contributed by atoms with Gasteiger partial charge in [0.05, 0.1) is 13.1 Å². The number of amides is 1. The summed E-state index contributed by atoms with van der Waals surface area (Å²) in [6, 6.07) is 16.5. The van der Waals surface area contributed by atoms with E-state index in [0.29, 0.717) is 19.0 Å². The van der Waals surface area contributed by atoms with Crippen molar-refractivity contribution in [3.63, 3.8) is 0 Å². The number of carbonyl (C=O) groups excluding carboxylic acids is 1. The maximum absolute atomic E-state index is 12.1. The summed E-state index contributed by atoms with van der Waals surface area (Å²) < 4.78 is 0. The second kappa shape index (κ2) is 13.1. The monoisotopic (exact) mass is 494 g/mol. The molecule has 0 aliphatic heterocycles. The number of benzene rings is 2. The number of aliphatic imine (C=N–C) groups is 1. The van der Waals surface area contributed by atoms with Crippen LogP contribution in [-0.4, -0.2) is 31.5 Å². The Bertz CT molecular complexity index is 762. The number of nitrogens with one attached hydrogen (secondary N) is 3. The molecule has 0 aromatic heterocycles. The van der Waals surface area contributed by atoms with Crippen LogP contribution in [0.1, 0.15) is 29.2 Å². The number of rotatable bonds is 8. The Morgan fingerprint density at radius 1 is 1.00 bits per heavy atom. The molecule has 3 N–H and O–H groups in total. The van der Waals surface area contributed by atoms with Crippen molar-refractivity contribution in [1.82, 2.24) is 16.0 Å². The van der Waals surface area contributed by atoms with Gasteiger partial charge in [0.2, 0.25) is 5.91 Å². The summed E-state index contributed by atoms with van der Waals surface area (Å²) in [6.45, 7) is 8.34. The molecule has 5 nitrogen and oxygen atoms in total. The first-order chi connectivity index (χ1) is 13.1. The Kier molecular flexibility index (Phi) is 11.2. The smallest absolute Gasteiger partial charge is 0.239 e. The fourth-order valence-corrected chi connectivity index (χ4v) is 2.75. The molecule has 0 atom stereocenters. The van der Waals surface area contributed by atoms with E-state index in [2.05, 4.69) is 65.1 Å². The average Bonchev–Trinajstić information content (AvgIpc) is 2.66. The lowest BCUT2D eigenvalue weighted by Crippen LogP contribution is -2.43. The van der Waals surface area contributed by atoms with E-state index in [-0.39, 0.29) is 36.4 Å².